The maximum atomic E-state index is 11.1. The molecule has 2 atom stereocenters. The highest BCUT2D eigenvalue weighted by molar-refractivity contribution is 5.81. The van der Waals surface area contributed by atoms with Crippen molar-refractivity contribution in [3.63, 3.8) is 0 Å². The lowest BCUT2D eigenvalue weighted by Crippen LogP contribution is -2.49. The molecule has 1 saturated heterocycles. The molecule has 1 rings (SSSR count). The van der Waals surface area contributed by atoms with Crippen LogP contribution in [0.25, 0.3) is 0 Å². The number of hydrogen-bond donors (Lipinski definition) is 1. The van der Waals surface area contributed by atoms with Gasteiger partial charge < -0.3 is 10.1 Å². The van der Waals surface area contributed by atoms with Gasteiger partial charge in [0.05, 0.1) is 6.61 Å². The highest BCUT2D eigenvalue weighted by Gasteiger charge is 2.29. The van der Waals surface area contributed by atoms with Gasteiger partial charge in [-0.1, -0.05) is 6.92 Å². The van der Waals surface area contributed by atoms with Crippen molar-refractivity contribution in [2.24, 2.45) is 0 Å². The minimum absolute atomic E-state index is 0.266. The average Bonchev–Trinajstić information content (AvgIpc) is 2.04. The molecule has 4 nitrogen and oxygen atoms in total. The number of rotatable bonds is 2. The molecule has 1 radical (unpaired) electrons. The average molecular weight is 158 g/mol. The topological polar surface area (TPSA) is 58.2 Å². The zero-order valence-corrected chi connectivity index (χ0v) is 6.50. The lowest BCUT2D eigenvalue weighted by Gasteiger charge is -2.24. The predicted octanol–water partition coefficient (Wildman–Crippen LogP) is -0.290. The summed E-state index contributed by atoms with van der Waals surface area (Å²) in [5, 5.41) is 13.7. The van der Waals surface area contributed by atoms with E-state index in [0.717, 1.165) is 0 Å². The number of ether oxygens (including phenoxy) is 1. The molecule has 0 spiro atoms. The maximum absolute atomic E-state index is 11.1. The molecule has 0 aromatic heterocycles. The Hall–Kier alpha value is -0.610. The van der Waals surface area contributed by atoms with Gasteiger partial charge in [-0.25, -0.2) is 5.11 Å². The molecule has 0 aliphatic carbocycles. The quantitative estimate of drug-likeness (QED) is 0.600. The molecule has 4 heteroatoms. The van der Waals surface area contributed by atoms with Crippen molar-refractivity contribution >= 4 is 5.91 Å². The van der Waals surface area contributed by atoms with Crippen molar-refractivity contribution < 1.29 is 14.6 Å². The zero-order chi connectivity index (χ0) is 8.27. The summed E-state index contributed by atoms with van der Waals surface area (Å²) in [5.41, 5.74) is 0. The third-order valence-electron chi connectivity index (χ3n) is 1.70. The van der Waals surface area contributed by atoms with Crippen molar-refractivity contribution in [1.29, 1.82) is 0 Å². The van der Waals surface area contributed by atoms with Crippen LogP contribution in [0.15, 0.2) is 0 Å². The molecular formula is C7H12NO3. The molecule has 11 heavy (non-hydrogen) atoms. The summed E-state index contributed by atoms with van der Waals surface area (Å²) >= 11 is 0. The number of carbonyl (C=O) groups is 1. The van der Waals surface area contributed by atoms with Gasteiger partial charge in [-0.3, -0.25) is 4.79 Å². The number of morpholine rings is 1. The molecule has 1 aliphatic rings. The molecule has 0 aromatic carbocycles. The molecule has 1 heterocycles. The Morgan fingerprint density at radius 3 is 3.09 bits per heavy atom. The summed E-state index contributed by atoms with van der Waals surface area (Å²) in [4.78, 5) is 11.0. The van der Waals surface area contributed by atoms with E-state index in [1.165, 1.54) is 0 Å². The number of carbonyl (C=O) groups excluding carboxylic acids is 1. The normalized spacial score (nSPS) is 27.8. The van der Waals surface area contributed by atoms with Gasteiger partial charge in [0.2, 0.25) is 0 Å². The molecular weight excluding hydrogens is 146 g/mol. The summed E-state index contributed by atoms with van der Waals surface area (Å²) in [6.45, 7) is 2.73. The summed E-state index contributed by atoms with van der Waals surface area (Å²) in [6, 6.07) is 0. The first-order valence-corrected chi connectivity index (χ1v) is 3.81. The third kappa shape index (κ3) is 1.91. The fraction of sp³-hybridized carbons (Fsp3) is 0.857. The van der Waals surface area contributed by atoms with Crippen LogP contribution in [0.1, 0.15) is 13.3 Å². The van der Waals surface area contributed by atoms with Gasteiger partial charge in [0.1, 0.15) is 6.10 Å². The minimum Gasteiger partial charge on any atom is -0.364 e. The maximum Gasteiger partial charge on any atom is 0.252 e. The Morgan fingerprint density at radius 1 is 1.82 bits per heavy atom. The first-order chi connectivity index (χ1) is 5.25. The summed E-state index contributed by atoms with van der Waals surface area (Å²) in [6.07, 6.45) is -1.26. The highest BCUT2D eigenvalue weighted by Crippen LogP contribution is 2.06. The fourth-order valence-corrected chi connectivity index (χ4v) is 1.03. The summed E-state index contributed by atoms with van der Waals surface area (Å²) in [5.74, 6) is -0.266. The van der Waals surface area contributed by atoms with Crippen LogP contribution >= 0.6 is 0 Å². The predicted molar refractivity (Wildman–Crippen MR) is 37.5 cm³/mol. The molecule has 2 unspecified atom stereocenters. The minimum atomic E-state index is -0.921. The second kappa shape index (κ2) is 3.69. The van der Waals surface area contributed by atoms with E-state index in [9.17, 15) is 9.90 Å². The Morgan fingerprint density at radius 2 is 2.55 bits per heavy atom. The van der Waals surface area contributed by atoms with Gasteiger partial charge in [0, 0.05) is 6.54 Å². The van der Waals surface area contributed by atoms with E-state index in [1.54, 1.807) is 6.92 Å². The lowest BCUT2D eigenvalue weighted by molar-refractivity contribution is -0.151. The second-order valence-corrected chi connectivity index (χ2v) is 2.53. The number of amides is 1. The summed E-state index contributed by atoms with van der Waals surface area (Å²) in [7, 11) is 0. The lowest BCUT2D eigenvalue weighted by atomic mass is 10.1. The molecule has 0 aromatic rings. The Bertz CT molecular complexity index is 149. The van der Waals surface area contributed by atoms with Gasteiger partial charge in [-0.05, 0) is 6.42 Å². The van der Waals surface area contributed by atoms with E-state index in [1.807, 2.05) is 0 Å². The van der Waals surface area contributed by atoms with Gasteiger partial charge in [-0.2, -0.15) is 0 Å². The largest absolute Gasteiger partial charge is 0.364 e. The Balaban J connectivity index is 2.47. The van der Waals surface area contributed by atoms with E-state index in [2.05, 4.69) is 5.32 Å². The van der Waals surface area contributed by atoms with Crippen LogP contribution in [-0.4, -0.2) is 31.3 Å². The van der Waals surface area contributed by atoms with Crippen molar-refractivity contribution in [3.05, 3.63) is 0 Å². The number of nitrogens with one attached hydrogen (secondary N) is 1. The van der Waals surface area contributed by atoms with Crippen molar-refractivity contribution in [2.75, 3.05) is 13.2 Å². The molecule has 1 N–H and O–H groups in total. The molecule has 1 fully saturated rings. The zero-order valence-electron chi connectivity index (χ0n) is 6.50. The molecule has 0 bridgehead atoms. The van der Waals surface area contributed by atoms with Crippen LogP contribution < -0.4 is 5.32 Å². The van der Waals surface area contributed by atoms with Crippen LogP contribution in [0.4, 0.5) is 0 Å². The van der Waals surface area contributed by atoms with E-state index in [0.29, 0.717) is 19.6 Å². The van der Waals surface area contributed by atoms with Crippen LogP contribution in [0.5, 0.6) is 0 Å². The first kappa shape index (κ1) is 8.49. The van der Waals surface area contributed by atoms with Crippen molar-refractivity contribution in [1.82, 2.24) is 5.32 Å². The third-order valence-corrected chi connectivity index (χ3v) is 1.70. The molecule has 0 saturated carbocycles. The molecule has 1 aliphatic heterocycles. The van der Waals surface area contributed by atoms with Gasteiger partial charge in [-0.15, -0.1) is 0 Å². The monoisotopic (exact) mass is 158 g/mol. The van der Waals surface area contributed by atoms with Crippen LogP contribution in [-0.2, 0) is 14.6 Å². The Kier molecular flexibility index (Phi) is 2.84. The second-order valence-electron chi connectivity index (χ2n) is 2.53. The van der Waals surface area contributed by atoms with Gasteiger partial charge >= 0.3 is 0 Å². The van der Waals surface area contributed by atoms with E-state index in [4.69, 9.17) is 4.74 Å². The van der Waals surface area contributed by atoms with Crippen LogP contribution in [0, 0.1) is 0 Å². The van der Waals surface area contributed by atoms with Crippen LogP contribution in [0.3, 0.4) is 0 Å². The number of hydrogen-bond acceptors (Lipinski definition) is 2. The van der Waals surface area contributed by atoms with Gasteiger partial charge in [0.25, 0.3) is 5.91 Å². The van der Waals surface area contributed by atoms with Crippen molar-refractivity contribution in [2.45, 2.75) is 25.6 Å². The standard InChI is InChI=1S/C7H12NO3/c1-2-5(9)6-7(10)8-3-4-11-6/h5-6H,2-4H2,1H3,(H,8,10). The SMILES string of the molecule is CCC([O])C1OCCNC1=O. The fourth-order valence-electron chi connectivity index (χ4n) is 1.03. The smallest absolute Gasteiger partial charge is 0.252 e. The van der Waals surface area contributed by atoms with Crippen molar-refractivity contribution in [3.8, 4) is 0 Å². The highest BCUT2D eigenvalue weighted by atomic mass is 16.5. The van der Waals surface area contributed by atoms with E-state index < -0.39 is 12.2 Å². The van der Waals surface area contributed by atoms with E-state index >= 15 is 0 Å². The first-order valence-electron chi connectivity index (χ1n) is 3.81. The molecule has 63 valence electrons. The Labute approximate surface area is 65.5 Å². The van der Waals surface area contributed by atoms with Crippen LogP contribution in [0.2, 0.25) is 0 Å². The summed E-state index contributed by atoms with van der Waals surface area (Å²) < 4.78 is 5.02. The van der Waals surface area contributed by atoms with E-state index in [-0.39, 0.29) is 5.91 Å². The van der Waals surface area contributed by atoms with Gasteiger partial charge in [0.15, 0.2) is 6.10 Å². The molecule has 1 amide bonds.